The molecule has 5 aliphatic carbocycles. The van der Waals surface area contributed by atoms with Crippen LogP contribution >= 0.6 is 0 Å². The van der Waals surface area contributed by atoms with Gasteiger partial charge in [0.15, 0.2) is 0 Å². The van der Waals surface area contributed by atoms with Crippen molar-refractivity contribution in [2.75, 3.05) is 0 Å². The number of ketones is 1. The van der Waals surface area contributed by atoms with Crippen molar-refractivity contribution in [3.05, 3.63) is 11.6 Å². The van der Waals surface area contributed by atoms with Crippen LogP contribution in [-0.4, -0.2) is 17.0 Å². The van der Waals surface area contributed by atoms with Crippen LogP contribution < -0.4 is 0 Å². The average molecular weight is 427 g/mol. The standard InChI is InChI=1S/C29H46O2/c1-18(2)7-6-8-19(3)22-17-23(30)26-20-9-10-24-27(4,21(20)11-13-28(22,26)5)14-12-25(31)29(24)15-16-29/h10,18-23,26,30H,6-9,11-17H2,1-5H3/t19-,20-,21+,22-,23?,26-,27-,28-/m1/s1. The zero-order valence-corrected chi connectivity index (χ0v) is 20.8. The van der Waals surface area contributed by atoms with Gasteiger partial charge in [0, 0.05) is 6.42 Å². The summed E-state index contributed by atoms with van der Waals surface area (Å²) in [6.45, 7) is 12.2. The van der Waals surface area contributed by atoms with Crippen molar-refractivity contribution < 1.29 is 9.90 Å². The number of rotatable bonds is 5. The summed E-state index contributed by atoms with van der Waals surface area (Å²) in [6, 6.07) is 0. The van der Waals surface area contributed by atoms with Crippen LogP contribution in [0.15, 0.2) is 11.6 Å². The minimum Gasteiger partial charge on any atom is -0.393 e. The van der Waals surface area contributed by atoms with E-state index in [-0.39, 0.29) is 16.9 Å². The highest BCUT2D eigenvalue weighted by Gasteiger charge is 2.66. The lowest BCUT2D eigenvalue weighted by atomic mass is 9.45. The predicted molar refractivity (Wildman–Crippen MR) is 126 cm³/mol. The molecule has 0 amide bonds. The molecule has 0 aliphatic heterocycles. The largest absolute Gasteiger partial charge is 0.393 e. The molecule has 0 saturated heterocycles. The van der Waals surface area contributed by atoms with Crippen LogP contribution in [0.4, 0.5) is 0 Å². The van der Waals surface area contributed by atoms with E-state index in [1.807, 2.05) is 0 Å². The minimum absolute atomic E-state index is 0.0551. The zero-order valence-electron chi connectivity index (χ0n) is 20.8. The molecule has 1 unspecified atom stereocenters. The quantitative estimate of drug-likeness (QED) is 0.483. The van der Waals surface area contributed by atoms with Crippen molar-refractivity contribution >= 4 is 5.78 Å². The van der Waals surface area contributed by atoms with E-state index < -0.39 is 0 Å². The number of aliphatic hydroxyl groups excluding tert-OH is 1. The monoisotopic (exact) mass is 426 g/mol. The van der Waals surface area contributed by atoms with Gasteiger partial charge in [0.2, 0.25) is 0 Å². The number of Topliss-reactive ketones (excluding diaryl/α,β-unsaturated/α-hetero) is 1. The van der Waals surface area contributed by atoms with Gasteiger partial charge in [-0.1, -0.05) is 65.5 Å². The van der Waals surface area contributed by atoms with Crippen molar-refractivity contribution in [2.24, 2.45) is 51.8 Å². The second-order valence-corrected chi connectivity index (χ2v) is 13.3. The molecule has 0 bridgehead atoms. The Bertz CT molecular complexity index is 761. The molecule has 0 radical (unpaired) electrons. The molecule has 0 heterocycles. The van der Waals surface area contributed by atoms with Gasteiger partial charge in [0.25, 0.3) is 0 Å². The number of hydrogen-bond donors (Lipinski definition) is 1. The SMILES string of the molecule is CC(C)CCC[C@@H](C)[C@H]1CC(O)[C@H]2[C@@H]3CC=C4C5(CC5)C(=O)CC[C@]4(C)[C@H]3CC[C@]12C. The van der Waals surface area contributed by atoms with Crippen LogP contribution in [-0.2, 0) is 4.79 Å². The topological polar surface area (TPSA) is 37.3 Å². The summed E-state index contributed by atoms with van der Waals surface area (Å²) in [4.78, 5) is 12.8. The minimum atomic E-state index is -0.131. The Morgan fingerprint density at radius 2 is 1.84 bits per heavy atom. The summed E-state index contributed by atoms with van der Waals surface area (Å²) in [5.41, 5.74) is 1.98. The molecule has 4 saturated carbocycles. The van der Waals surface area contributed by atoms with E-state index in [0.29, 0.717) is 40.8 Å². The number of aliphatic hydroxyl groups is 1. The lowest BCUT2D eigenvalue weighted by Gasteiger charge is -2.59. The normalized spacial score (nSPS) is 46.4. The second kappa shape index (κ2) is 7.44. The summed E-state index contributed by atoms with van der Waals surface area (Å²) in [5, 5.41) is 11.4. The Kier molecular flexibility index (Phi) is 5.32. The Morgan fingerprint density at radius 1 is 1.10 bits per heavy atom. The molecular formula is C29H46O2. The third-order valence-electron chi connectivity index (χ3n) is 11.3. The van der Waals surface area contributed by atoms with Gasteiger partial charge in [-0.15, -0.1) is 0 Å². The van der Waals surface area contributed by atoms with Gasteiger partial charge in [-0.05, 0) is 91.3 Å². The molecule has 0 aromatic rings. The Hall–Kier alpha value is -0.630. The number of allylic oxidation sites excluding steroid dienone is 2. The summed E-state index contributed by atoms with van der Waals surface area (Å²) >= 11 is 0. The summed E-state index contributed by atoms with van der Waals surface area (Å²) in [5.74, 6) is 4.44. The molecule has 2 nitrogen and oxygen atoms in total. The fourth-order valence-electron chi connectivity index (χ4n) is 9.64. The van der Waals surface area contributed by atoms with Crippen LogP contribution in [0.5, 0.6) is 0 Å². The highest BCUT2D eigenvalue weighted by Crippen LogP contribution is 2.72. The summed E-state index contributed by atoms with van der Waals surface area (Å²) in [6.07, 6.45) is 15.1. The van der Waals surface area contributed by atoms with Crippen molar-refractivity contribution in [3.8, 4) is 0 Å². The number of hydrogen-bond acceptors (Lipinski definition) is 2. The molecule has 0 aromatic carbocycles. The van der Waals surface area contributed by atoms with Crippen LogP contribution in [0.25, 0.3) is 0 Å². The maximum atomic E-state index is 12.8. The molecule has 1 N–H and O–H groups in total. The highest BCUT2D eigenvalue weighted by molar-refractivity contribution is 5.92. The van der Waals surface area contributed by atoms with Gasteiger partial charge in [-0.2, -0.15) is 0 Å². The average Bonchev–Trinajstić information content (AvgIpc) is 3.44. The van der Waals surface area contributed by atoms with Gasteiger partial charge in [-0.3, -0.25) is 4.79 Å². The first kappa shape index (κ1) is 22.2. The Balaban J connectivity index is 1.39. The maximum absolute atomic E-state index is 12.8. The van der Waals surface area contributed by atoms with Gasteiger partial charge < -0.3 is 5.11 Å². The fraction of sp³-hybridized carbons (Fsp3) is 0.897. The molecular weight excluding hydrogens is 380 g/mol. The maximum Gasteiger partial charge on any atom is 0.143 e. The van der Waals surface area contributed by atoms with E-state index in [1.54, 1.807) is 0 Å². The first-order chi connectivity index (χ1) is 14.6. The van der Waals surface area contributed by atoms with Crippen LogP contribution in [0.3, 0.4) is 0 Å². The Labute approximate surface area is 190 Å². The molecule has 0 aromatic heterocycles. The summed E-state index contributed by atoms with van der Waals surface area (Å²) < 4.78 is 0. The highest BCUT2D eigenvalue weighted by atomic mass is 16.3. The van der Waals surface area contributed by atoms with Gasteiger partial charge in [0.1, 0.15) is 5.78 Å². The molecule has 31 heavy (non-hydrogen) atoms. The Morgan fingerprint density at radius 3 is 2.52 bits per heavy atom. The number of carbonyl (C=O) groups is 1. The van der Waals surface area contributed by atoms with E-state index in [2.05, 4.69) is 40.7 Å². The first-order valence-electron chi connectivity index (χ1n) is 13.6. The summed E-state index contributed by atoms with van der Waals surface area (Å²) in [7, 11) is 0. The van der Waals surface area contributed by atoms with E-state index in [0.717, 1.165) is 44.4 Å². The molecule has 5 aliphatic rings. The molecule has 174 valence electrons. The predicted octanol–water partition coefficient (Wildman–Crippen LogP) is 6.96. The van der Waals surface area contributed by atoms with Crippen LogP contribution in [0, 0.1) is 51.8 Å². The molecule has 4 fully saturated rings. The van der Waals surface area contributed by atoms with Crippen molar-refractivity contribution in [2.45, 2.75) is 111 Å². The van der Waals surface area contributed by atoms with E-state index in [9.17, 15) is 9.90 Å². The van der Waals surface area contributed by atoms with Gasteiger partial charge >= 0.3 is 0 Å². The first-order valence-corrected chi connectivity index (χ1v) is 13.6. The fourth-order valence-corrected chi connectivity index (χ4v) is 9.64. The lowest BCUT2D eigenvalue weighted by Crippen LogP contribution is -2.53. The van der Waals surface area contributed by atoms with Crippen LogP contribution in [0.2, 0.25) is 0 Å². The number of carbonyl (C=O) groups excluding carboxylic acids is 1. The molecule has 8 atom stereocenters. The third-order valence-corrected chi connectivity index (χ3v) is 11.3. The zero-order chi connectivity index (χ0) is 22.2. The van der Waals surface area contributed by atoms with E-state index in [1.165, 1.54) is 37.7 Å². The second-order valence-electron chi connectivity index (χ2n) is 13.3. The van der Waals surface area contributed by atoms with Crippen LogP contribution in [0.1, 0.15) is 105 Å². The third kappa shape index (κ3) is 3.17. The molecule has 5 rings (SSSR count). The molecule has 1 spiro atoms. The van der Waals surface area contributed by atoms with Crippen molar-refractivity contribution in [3.63, 3.8) is 0 Å². The molecule has 2 heteroatoms. The lowest BCUT2D eigenvalue weighted by molar-refractivity contribution is -0.129. The smallest absolute Gasteiger partial charge is 0.143 e. The van der Waals surface area contributed by atoms with Gasteiger partial charge in [-0.25, -0.2) is 0 Å². The number of fused-ring (bicyclic) bond motifs is 6. The van der Waals surface area contributed by atoms with Crippen molar-refractivity contribution in [1.82, 2.24) is 0 Å². The van der Waals surface area contributed by atoms with Crippen molar-refractivity contribution in [1.29, 1.82) is 0 Å². The van der Waals surface area contributed by atoms with E-state index in [4.69, 9.17) is 0 Å². The van der Waals surface area contributed by atoms with E-state index >= 15 is 0 Å². The van der Waals surface area contributed by atoms with Gasteiger partial charge in [0.05, 0.1) is 11.5 Å².